The molecular formula is C24H19FN2O2. The van der Waals surface area contributed by atoms with E-state index in [1.54, 1.807) is 31.4 Å². The van der Waals surface area contributed by atoms with E-state index in [0.29, 0.717) is 5.69 Å². The molecule has 0 atom stereocenters. The fraction of sp³-hybridized carbons (Fsp3) is 0.0833. The molecule has 1 aliphatic heterocycles. The summed E-state index contributed by atoms with van der Waals surface area (Å²) >= 11 is 0. The van der Waals surface area contributed by atoms with Crippen LogP contribution in [-0.4, -0.2) is 18.9 Å². The number of rotatable bonds is 4. The molecule has 0 fully saturated rings. The fourth-order valence-corrected chi connectivity index (χ4v) is 3.20. The third-order valence-electron chi connectivity index (χ3n) is 4.65. The zero-order chi connectivity index (χ0) is 20.4. The summed E-state index contributed by atoms with van der Waals surface area (Å²) in [6, 6.07) is 21.1. The number of amides is 1. The zero-order valence-corrected chi connectivity index (χ0v) is 16.1. The van der Waals surface area contributed by atoms with E-state index in [2.05, 4.69) is 4.99 Å². The highest BCUT2D eigenvalue weighted by Gasteiger charge is 2.33. The second-order valence-corrected chi connectivity index (χ2v) is 6.70. The first kappa shape index (κ1) is 18.6. The Bertz CT molecular complexity index is 1130. The lowest BCUT2D eigenvalue weighted by molar-refractivity contribution is -0.113. The summed E-state index contributed by atoms with van der Waals surface area (Å²) in [6.45, 7) is 1.94. The number of hydrogen-bond donors (Lipinski definition) is 0. The quantitative estimate of drug-likeness (QED) is 0.594. The largest absolute Gasteiger partial charge is 0.497 e. The Morgan fingerprint density at radius 2 is 1.76 bits per heavy atom. The molecule has 29 heavy (non-hydrogen) atoms. The van der Waals surface area contributed by atoms with E-state index in [0.717, 1.165) is 16.9 Å². The number of nitrogens with zero attached hydrogens (tertiary/aromatic N) is 2. The minimum Gasteiger partial charge on any atom is -0.497 e. The Morgan fingerprint density at radius 3 is 2.45 bits per heavy atom. The Morgan fingerprint density at radius 1 is 1.00 bits per heavy atom. The van der Waals surface area contributed by atoms with Crippen molar-refractivity contribution in [1.29, 1.82) is 0 Å². The third kappa shape index (κ3) is 3.67. The van der Waals surface area contributed by atoms with Crippen LogP contribution in [-0.2, 0) is 4.79 Å². The Labute approximate surface area is 168 Å². The summed E-state index contributed by atoms with van der Waals surface area (Å²) in [4.78, 5) is 19.2. The van der Waals surface area contributed by atoms with E-state index in [9.17, 15) is 9.18 Å². The van der Waals surface area contributed by atoms with Crippen molar-refractivity contribution < 1.29 is 13.9 Å². The van der Waals surface area contributed by atoms with Crippen LogP contribution in [0.3, 0.4) is 0 Å². The first-order chi connectivity index (χ1) is 14.1. The predicted molar refractivity (Wildman–Crippen MR) is 113 cm³/mol. The second-order valence-electron chi connectivity index (χ2n) is 6.70. The van der Waals surface area contributed by atoms with Crippen molar-refractivity contribution in [2.75, 3.05) is 12.0 Å². The highest BCUT2D eigenvalue weighted by Crippen LogP contribution is 2.29. The molecule has 4 nitrogen and oxygen atoms in total. The van der Waals surface area contributed by atoms with Crippen LogP contribution in [0.4, 0.5) is 10.1 Å². The van der Waals surface area contributed by atoms with Gasteiger partial charge in [0.25, 0.3) is 5.91 Å². The molecule has 0 saturated heterocycles. The molecule has 0 radical (unpaired) electrons. The van der Waals surface area contributed by atoms with E-state index in [-0.39, 0.29) is 23.0 Å². The first-order valence-electron chi connectivity index (χ1n) is 9.17. The molecule has 0 spiro atoms. The van der Waals surface area contributed by atoms with Gasteiger partial charge < -0.3 is 4.74 Å². The SMILES string of the molecule is COc1ccc(/C=C2/N=C(c3ccccc3F)N(c3cccc(C)c3)C2=O)cc1. The van der Waals surface area contributed by atoms with Gasteiger partial charge in [0.1, 0.15) is 17.3 Å². The van der Waals surface area contributed by atoms with Crippen molar-refractivity contribution in [3.05, 3.63) is 101 Å². The van der Waals surface area contributed by atoms with Crippen molar-refractivity contribution in [1.82, 2.24) is 0 Å². The number of carbonyl (C=O) groups excluding carboxylic acids is 1. The number of anilines is 1. The summed E-state index contributed by atoms with van der Waals surface area (Å²) in [5, 5.41) is 0. The smallest absolute Gasteiger partial charge is 0.282 e. The summed E-state index contributed by atoms with van der Waals surface area (Å²) in [5.74, 6) is 0.271. The molecule has 0 bridgehead atoms. The van der Waals surface area contributed by atoms with Gasteiger partial charge in [-0.3, -0.25) is 9.69 Å². The molecule has 0 saturated carbocycles. The fourth-order valence-electron chi connectivity index (χ4n) is 3.20. The number of ether oxygens (including phenoxy) is 1. The minimum atomic E-state index is -0.428. The minimum absolute atomic E-state index is 0.245. The summed E-state index contributed by atoms with van der Waals surface area (Å²) in [6.07, 6.45) is 1.69. The average Bonchev–Trinajstić information content (AvgIpc) is 3.05. The molecule has 0 aliphatic carbocycles. The van der Waals surface area contributed by atoms with Crippen LogP contribution in [0.25, 0.3) is 6.08 Å². The van der Waals surface area contributed by atoms with Crippen molar-refractivity contribution in [2.24, 2.45) is 4.99 Å². The number of amidine groups is 1. The maximum Gasteiger partial charge on any atom is 0.282 e. The topological polar surface area (TPSA) is 41.9 Å². The number of aryl methyl sites for hydroxylation is 1. The van der Waals surface area contributed by atoms with Gasteiger partial charge in [-0.2, -0.15) is 0 Å². The van der Waals surface area contributed by atoms with Gasteiger partial charge in [0.15, 0.2) is 5.84 Å². The zero-order valence-electron chi connectivity index (χ0n) is 16.1. The van der Waals surface area contributed by atoms with Crippen LogP contribution in [0.5, 0.6) is 5.75 Å². The summed E-state index contributed by atoms with van der Waals surface area (Å²) in [7, 11) is 1.60. The molecule has 1 aliphatic rings. The van der Waals surface area contributed by atoms with Crippen LogP contribution >= 0.6 is 0 Å². The Kier molecular flexibility index (Phi) is 4.96. The van der Waals surface area contributed by atoms with E-state index in [1.807, 2.05) is 55.5 Å². The van der Waals surface area contributed by atoms with Gasteiger partial charge in [0, 0.05) is 0 Å². The van der Waals surface area contributed by atoms with Gasteiger partial charge in [-0.05, 0) is 60.5 Å². The molecule has 3 aromatic carbocycles. The Balaban J connectivity index is 1.82. The molecular weight excluding hydrogens is 367 g/mol. The van der Waals surface area contributed by atoms with Crippen LogP contribution < -0.4 is 9.64 Å². The van der Waals surface area contributed by atoms with Crippen LogP contribution in [0.2, 0.25) is 0 Å². The lowest BCUT2D eigenvalue weighted by atomic mass is 10.1. The molecule has 5 heteroatoms. The maximum atomic E-state index is 14.5. The number of benzene rings is 3. The number of hydrogen-bond acceptors (Lipinski definition) is 3. The van der Waals surface area contributed by atoms with Gasteiger partial charge >= 0.3 is 0 Å². The molecule has 0 unspecified atom stereocenters. The molecule has 144 valence electrons. The molecule has 0 aromatic heterocycles. The van der Waals surface area contributed by atoms with Crippen LogP contribution in [0, 0.1) is 12.7 Å². The monoisotopic (exact) mass is 386 g/mol. The van der Waals surface area contributed by atoms with Crippen LogP contribution in [0.1, 0.15) is 16.7 Å². The molecule has 4 rings (SSSR count). The van der Waals surface area contributed by atoms with Gasteiger partial charge in [-0.1, -0.05) is 36.4 Å². The Hall–Kier alpha value is -3.73. The van der Waals surface area contributed by atoms with Gasteiger partial charge in [-0.25, -0.2) is 9.38 Å². The lowest BCUT2D eigenvalue weighted by Crippen LogP contribution is -2.33. The lowest BCUT2D eigenvalue weighted by Gasteiger charge is -2.19. The second kappa shape index (κ2) is 7.72. The maximum absolute atomic E-state index is 14.5. The highest BCUT2D eigenvalue weighted by molar-refractivity contribution is 6.33. The van der Waals surface area contributed by atoms with Gasteiger partial charge in [-0.15, -0.1) is 0 Å². The van der Waals surface area contributed by atoms with E-state index in [4.69, 9.17) is 4.74 Å². The number of halogens is 1. The molecule has 1 amide bonds. The van der Waals surface area contributed by atoms with Crippen LogP contribution in [0.15, 0.2) is 83.5 Å². The average molecular weight is 386 g/mol. The number of aliphatic imine (C=N–C) groups is 1. The predicted octanol–water partition coefficient (Wildman–Crippen LogP) is 4.98. The number of methoxy groups -OCH3 is 1. The van der Waals surface area contributed by atoms with Crippen molar-refractivity contribution in [2.45, 2.75) is 6.92 Å². The first-order valence-corrected chi connectivity index (χ1v) is 9.17. The van der Waals surface area contributed by atoms with Crippen molar-refractivity contribution >= 4 is 23.5 Å². The third-order valence-corrected chi connectivity index (χ3v) is 4.65. The normalized spacial score (nSPS) is 15.0. The van der Waals surface area contributed by atoms with E-state index in [1.165, 1.54) is 11.0 Å². The van der Waals surface area contributed by atoms with Gasteiger partial charge in [0.2, 0.25) is 0 Å². The number of carbonyl (C=O) groups is 1. The van der Waals surface area contributed by atoms with E-state index < -0.39 is 5.82 Å². The van der Waals surface area contributed by atoms with E-state index >= 15 is 0 Å². The summed E-state index contributed by atoms with van der Waals surface area (Å²) in [5.41, 5.74) is 2.97. The molecule has 3 aromatic rings. The van der Waals surface area contributed by atoms with Gasteiger partial charge in [0.05, 0.1) is 18.4 Å². The molecule has 0 N–H and O–H groups in total. The van der Waals surface area contributed by atoms with Crippen molar-refractivity contribution in [3.63, 3.8) is 0 Å². The standard InChI is InChI=1S/C24H19FN2O2/c1-16-6-5-7-18(14-16)27-23(20-8-3-4-9-21(20)25)26-22(24(27)28)15-17-10-12-19(29-2)13-11-17/h3-15H,1-2H3/b22-15+. The van der Waals surface area contributed by atoms with Crippen molar-refractivity contribution in [3.8, 4) is 5.75 Å². The summed E-state index contributed by atoms with van der Waals surface area (Å²) < 4.78 is 19.7. The molecule has 1 heterocycles. The highest BCUT2D eigenvalue weighted by atomic mass is 19.1.